The number of carbonyl (C=O) groups is 1. The Morgan fingerprint density at radius 1 is 1.27 bits per heavy atom. The minimum absolute atomic E-state index is 0.198. The minimum Gasteiger partial charge on any atom is -0.495 e. The molecule has 0 fully saturated rings. The van der Waals surface area contributed by atoms with Crippen LogP contribution in [-0.2, 0) is 11.2 Å². The van der Waals surface area contributed by atoms with Gasteiger partial charge in [-0.1, -0.05) is 18.2 Å². The number of aromatic nitrogens is 1. The van der Waals surface area contributed by atoms with E-state index in [1.807, 2.05) is 18.2 Å². The summed E-state index contributed by atoms with van der Waals surface area (Å²) in [6, 6.07) is 11.5. The van der Waals surface area contributed by atoms with Crippen molar-refractivity contribution < 1.29 is 13.9 Å². The van der Waals surface area contributed by atoms with Gasteiger partial charge in [-0.15, -0.1) is 0 Å². The second-order valence-corrected chi connectivity index (χ2v) is 4.93. The molecule has 2 N–H and O–H groups in total. The number of nitrogens with one attached hydrogen (secondary N) is 2. The Kier molecular flexibility index (Phi) is 3.78. The molecule has 1 aromatic heterocycles. The standard InChI is InChI=1S/C17H15FN2O2/c1-22-15-7-3-6-14-11(10-19-17(14)15)8-16(21)20-13-5-2-4-12(18)9-13/h2-7,9-10,19H,8H2,1H3,(H,20,21). The normalized spacial score (nSPS) is 10.6. The zero-order valence-corrected chi connectivity index (χ0v) is 12.0. The van der Waals surface area contributed by atoms with Crippen molar-refractivity contribution in [3.63, 3.8) is 0 Å². The molecule has 0 saturated heterocycles. The van der Waals surface area contributed by atoms with Gasteiger partial charge in [0.15, 0.2) is 0 Å². The number of hydrogen-bond donors (Lipinski definition) is 2. The Morgan fingerprint density at radius 2 is 2.09 bits per heavy atom. The van der Waals surface area contributed by atoms with E-state index in [-0.39, 0.29) is 18.1 Å². The number of rotatable bonds is 4. The van der Waals surface area contributed by atoms with Gasteiger partial charge in [-0.2, -0.15) is 0 Å². The van der Waals surface area contributed by atoms with Gasteiger partial charge >= 0.3 is 0 Å². The lowest BCUT2D eigenvalue weighted by Gasteiger charge is -2.05. The van der Waals surface area contributed by atoms with Crippen molar-refractivity contribution in [2.24, 2.45) is 0 Å². The van der Waals surface area contributed by atoms with E-state index in [0.29, 0.717) is 5.69 Å². The number of amides is 1. The van der Waals surface area contributed by atoms with Crippen molar-refractivity contribution in [2.45, 2.75) is 6.42 Å². The Hall–Kier alpha value is -2.82. The molecule has 0 saturated carbocycles. The average Bonchev–Trinajstić information content (AvgIpc) is 2.90. The van der Waals surface area contributed by atoms with Gasteiger partial charge in [0, 0.05) is 17.3 Å². The summed E-state index contributed by atoms with van der Waals surface area (Å²) in [5.74, 6) is 0.151. The molecular formula is C17H15FN2O2. The lowest BCUT2D eigenvalue weighted by molar-refractivity contribution is -0.115. The molecular weight excluding hydrogens is 283 g/mol. The van der Waals surface area contributed by atoms with Crippen molar-refractivity contribution in [3.05, 3.63) is 60.0 Å². The van der Waals surface area contributed by atoms with Crippen molar-refractivity contribution in [1.82, 2.24) is 4.98 Å². The minimum atomic E-state index is -0.380. The van der Waals surface area contributed by atoms with Crippen LogP contribution in [0.2, 0.25) is 0 Å². The Morgan fingerprint density at radius 3 is 2.86 bits per heavy atom. The van der Waals surface area contributed by atoms with Crippen LogP contribution in [0, 0.1) is 5.82 Å². The topological polar surface area (TPSA) is 54.1 Å². The number of aromatic amines is 1. The number of anilines is 1. The Balaban J connectivity index is 1.80. The molecule has 22 heavy (non-hydrogen) atoms. The largest absolute Gasteiger partial charge is 0.495 e. The van der Waals surface area contributed by atoms with E-state index >= 15 is 0 Å². The van der Waals surface area contributed by atoms with Crippen LogP contribution in [0.25, 0.3) is 10.9 Å². The lowest BCUT2D eigenvalue weighted by Crippen LogP contribution is -2.14. The predicted molar refractivity (Wildman–Crippen MR) is 83.6 cm³/mol. The van der Waals surface area contributed by atoms with Crippen LogP contribution in [0.15, 0.2) is 48.7 Å². The number of methoxy groups -OCH3 is 1. The molecule has 3 aromatic rings. The summed E-state index contributed by atoms with van der Waals surface area (Å²) in [4.78, 5) is 15.2. The number of para-hydroxylation sites is 1. The van der Waals surface area contributed by atoms with Crippen molar-refractivity contribution in [2.75, 3.05) is 12.4 Å². The summed E-state index contributed by atoms with van der Waals surface area (Å²) in [6.45, 7) is 0. The summed E-state index contributed by atoms with van der Waals surface area (Å²) in [5.41, 5.74) is 2.17. The van der Waals surface area contributed by atoms with Gasteiger partial charge in [-0.3, -0.25) is 4.79 Å². The van der Waals surface area contributed by atoms with Gasteiger partial charge in [0.1, 0.15) is 11.6 Å². The van der Waals surface area contributed by atoms with E-state index in [4.69, 9.17) is 4.74 Å². The van der Waals surface area contributed by atoms with E-state index < -0.39 is 0 Å². The predicted octanol–water partition coefficient (Wildman–Crippen LogP) is 3.50. The molecule has 4 nitrogen and oxygen atoms in total. The molecule has 0 spiro atoms. The molecule has 0 aliphatic rings. The van der Waals surface area contributed by atoms with Crippen molar-refractivity contribution >= 4 is 22.5 Å². The van der Waals surface area contributed by atoms with Crippen molar-refractivity contribution in [3.8, 4) is 5.75 Å². The third-order valence-electron chi connectivity index (χ3n) is 3.44. The zero-order valence-electron chi connectivity index (χ0n) is 12.0. The van der Waals surface area contributed by atoms with Crippen LogP contribution in [0.4, 0.5) is 10.1 Å². The molecule has 0 unspecified atom stereocenters. The van der Waals surface area contributed by atoms with Crippen LogP contribution >= 0.6 is 0 Å². The second-order valence-electron chi connectivity index (χ2n) is 4.93. The molecule has 5 heteroatoms. The molecule has 0 atom stereocenters. The zero-order chi connectivity index (χ0) is 15.5. The number of halogens is 1. The number of ether oxygens (including phenoxy) is 1. The van der Waals surface area contributed by atoms with Crippen LogP contribution in [-0.4, -0.2) is 18.0 Å². The van der Waals surface area contributed by atoms with Crippen LogP contribution < -0.4 is 10.1 Å². The monoisotopic (exact) mass is 298 g/mol. The van der Waals surface area contributed by atoms with Gasteiger partial charge in [-0.05, 0) is 29.8 Å². The maximum absolute atomic E-state index is 13.1. The first kappa shape index (κ1) is 14.1. The fourth-order valence-corrected chi connectivity index (χ4v) is 2.45. The molecule has 1 heterocycles. The highest BCUT2D eigenvalue weighted by atomic mass is 19.1. The third-order valence-corrected chi connectivity index (χ3v) is 3.44. The average molecular weight is 298 g/mol. The van der Waals surface area contributed by atoms with Gasteiger partial charge in [-0.25, -0.2) is 4.39 Å². The molecule has 2 aromatic carbocycles. The molecule has 0 aliphatic heterocycles. The van der Waals surface area contributed by atoms with E-state index in [1.54, 1.807) is 25.4 Å². The smallest absolute Gasteiger partial charge is 0.228 e. The van der Waals surface area contributed by atoms with E-state index in [0.717, 1.165) is 22.2 Å². The Bertz CT molecular complexity index is 826. The summed E-state index contributed by atoms with van der Waals surface area (Å²) in [7, 11) is 1.60. The fourth-order valence-electron chi connectivity index (χ4n) is 2.45. The second kappa shape index (κ2) is 5.89. The SMILES string of the molecule is COc1cccc2c(CC(=O)Nc3cccc(F)c3)c[nH]c12. The molecule has 0 aliphatic carbocycles. The highest BCUT2D eigenvalue weighted by Gasteiger charge is 2.11. The summed E-state index contributed by atoms with van der Waals surface area (Å²) in [5, 5.41) is 3.63. The summed E-state index contributed by atoms with van der Waals surface area (Å²) < 4.78 is 18.4. The van der Waals surface area contributed by atoms with Gasteiger partial charge in [0.25, 0.3) is 0 Å². The number of hydrogen-bond acceptors (Lipinski definition) is 2. The molecule has 1 amide bonds. The molecule has 0 bridgehead atoms. The number of H-pyrrole nitrogens is 1. The lowest BCUT2D eigenvalue weighted by atomic mass is 10.1. The highest BCUT2D eigenvalue weighted by Crippen LogP contribution is 2.27. The summed E-state index contributed by atoms with van der Waals surface area (Å²) in [6.07, 6.45) is 1.99. The maximum Gasteiger partial charge on any atom is 0.228 e. The maximum atomic E-state index is 13.1. The fraction of sp³-hybridized carbons (Fsp3) is 0.118. The molecule has 3 rings (SSSR count). The van der Waals surface area contributed by atoms with Crippen LogP contribution in [0.1, 0.15) is 5.56 Å². The molecule has 0 radical (unpaired) electrons. The highest BCUT2D eigenvalue weighted by molar-refractivity contribution is 5.96. The van der Waals surface area contributed by atoms with Gasteiger partial charge < -0.3 is 15.0 Å². The number of carbonyl (C=O) groups excluding carboxylic acids is 1. The van der Waals surface area contributed by atoms with Crippen LogP contribution in [0.3, 0.4) is 0 Å². The summed E-state index contributed by atoms with van der Waals surface area (Å²) >= 11 is 0. The number of fused-ring (bicyclic) bond motifs is 1. The molecule has 112 valence electrons. The van der Waals surface area contributed by atoms with E-state index in [9.17, 15) is 9.18 Å². The quantitative estimate of drug-likeness (QED) is 0.774. The number of benzene rings is 2. The van der Waals surface area contributed by atoms with E-state index in [1.165, 1.54) is 12.1 Å². The third kappa shape index (κ3) is 2.79. The van der Waals surface area contributed by atoms with Crippen LogP contribution in [0.5, 0.6) is 5.75 Å². The van der Waals surface area contributed by atoms with E-state index in [2.05, 4.69) is 10.3 Å². The first-order chi connectivity index (χ1) is 10.7. The first-order valence-corrected chi connectivity index (χ1v) is 6.86. The van der Waals surface area contributed by atoms with Gasteiger partial charge in [0.05, 0.1) is 19.0 Å². The first-order valence-electron chi connectivity index (χ1n) is 6.86. The van der Waals surface area contributed by atoms with Crippen molar-refractivity contribution in [1.29, 1.82) is 0 Å². The Labute approximate surface area is 126 Å². The van der Waals surface area contributed by atoms with Gasteiger partial charge in [0.2, 0.25) is 5.91 Å².